The minimum absolute atomic E-state index is 0. The summed E-state index contributed by atoms with van der Waals surface area (Å²) in [5, 5.41) is -1.47. The Morgan fingerprint density at radius 1 is 1.73 bits per heavy atom. The van der Waals surface area contributed by atoms with Crippen LogP contribution >= 0.6 is 0 Å². The molecule has 0 rings (SSSR count). The largest absolute Gasteiger partial charge is 2.00 e. The zero-order chi connectivity index (χ0) is 8.36. The van der Waals surface area contributed by atoms with Gasteiger partial charge < -0.3 is 8.59 Å². The summed E-state index contributed by atoms with van der Waals surface area (Å²) in [5.74, 6) is -0.648. The summed E-state index contributed by atoms with van der Waals surface area (Å²) in [5.41, 5.74) is 4.90. The summed E-state index contributed by atoms with van der Waals surface area (Å²) < 4.78 is 28.8. The van der Waals surface area contributed by atoms with E-state index in [4.69, 9.17) is 10.3 Å². The van der Waals surface area contributed by atoms with E-state index in [0.717, 1.165) is 6.92 Å². The predicted octanol–water partition coefficient (Wildman–Crippen LogP) is -1.37. The molecule has 0 fully saturated rings. The van der Waals surface area contributed by atoms with Crippen LogP contribution in [0.3, 0.4) is 0 Å². The normalized spacial score (nSPS) is 13.4. The van der Waals surface area contributed by atoms with Crippen LogP contribution in [0.5, 0.6) is 0 Å². The predicted molar refractivity (Wildman–Crippen MR) is 43.1 cm³/mol. The Hall–Kier alpha value is 0.800. The molecule has 1 unspecified atom stereocenters. The van der Waals surface area contributed by atoms with Crippen LogP contribution in [0.15, 0.2) is 0 Å². The van der Waals surface area contributed by atoms with Gasteiger partial charge in [-0.2, -0.15) is 8.42 Å². The van der Waals surface area contributed by atoms with Crippen molar-refractivity contribution in [3.63, 3.8) is 0 Å². The maximum absolute atomic E-state index is 10.4. The maximum atomic E-state index is 10.4. The Bertz CT molecular complexity index is 232. The van der Waals surface area contributed by atoms with Crippen LogP contribution in [0.4, 0.5) is 0 Å². The molecule has 0 spiro atoms. The van der Waals surface area contributed by atoms with Crippen LogP contribution in [-0.2, 0) is 14.9 Å². The van der Waals surface area contributed by atoms with E-state index in [-0.39, 0.29) is 47.1 Å². The van der Waals surface area contributed by atoms with Gasteiger partial charge in [0.15, 0.2) is 11.0 Å². The number of nitrogens with two attached hydrogens (primary N) is 1. The molecular formula is C4H11CaNO4S. The third kappa shape index (κ3) is 5.10. The van der Waals surface area contributed by atoms with Gasteiger partial charge in [-0.1, -0.05) is 0 Å². The Labute approximate surface area is 98.0 Å². The second-order valence-corrected chi connectivity index (χ2v) is 3.45. The summed E-state index contributed by atoms with van der Waals surface area (Å²) in [6.45, 7) is 0.680. The minimum atomic E-state index is -4.29. The van der Waals surface area contributed by atoms with Gasteiger partial charge in [-0.15, -0.1) is 0 Å². The molecule has 0 aliphatic rings. The number of hydrogen-bond acceptors (Lipinski definition) is 4. The molecule has 0 aromatic carbocycles. The molecule has 0 amide bonds. The summed E-state index contributed by atoms with van der Waals surface area (Å²) >= 11 is 0. The molecule has 7 heteroatoms. The molecule has 0 radical (unpaired) electrons. The third-order valence-corrected chi connectivity index (χ3v) is 2.27. The van der Waals surface area contributed by atoms with E-state index >= 15 is 0 Å². The SMILES string of the molecule is CC(=O)C(CN)S(=O)(=O)O.[Ca+2].[H-].[H-]. The van der Waals surface area contributed by atoms with Gasteiger partial charge in [-0.3, -0.25) is 9.35 Å². The number of Topliss-reactive ketones (excluding diaryl/α,β-unsaturated/α-hetero) is 1. The quantitative estimate of drug-likeness (QED) is 0.441. The van der Waals surface area contributed by atoms with Crippen LogP contribution in [0, 0.1) is 0 Å². The van der Waals surface area contributed by atoms with E-state index in [1.54, 1.807) is 0 Å². The Morgan fingerprint density at radius 2 is 2.09 bits per heavy atom. The zero-order valence-electron chi connectivity index (χ0n) is 8.15. The Balaban J connectivity index is -0.000000135. The molecule has 0 aliphatic heterocycles. The first-order valence-corrected chi connectivity index (χ1v) is 4.06. The van der Waals surface area contributed by atoms with Gasteiger partial charge in [-0.25, -0.2) is 0 Å². The van der Waals surface area contributed by atoms with Crippen molar-refractivity contribution in [2.24, 2.45) is 5.73 Å². The molecule has 0 saturated heterocycles. The molecule has 0 bridgehead atoms. The van der Waals surface area contributed by atoms with Crippen LogP contribution < -0.4 is 5.73 Å². The van der Waals surface area contributed by atoms with Gasteiger partial charge in [0.2, 0.25) is 0 Å². The average Bonchev–Trinajstić information content (AvgIpc) is 1.60. The second kappa shape index (κ2) is 5.45. The fourth-order valence-corrected chi connectivity index (χ4v) is 1.16. The molecular weight excluding hydrogens is 198 g/mol. The number of rotatable bonds is 3. The van der Waals surface area contributed by atoms with E-state index in [1.165, 1.54) is 0 Å². The number of carbonyl (C=O) groups excluding carboxylic acids is 1. The van der Waals surface area contributed by atoms with Gasteiger partial charge >= 0.3 is 37.7 Å². The third-order valence-electron chi connectivity index (χ3n) is 1.03. The molecule has 0 saturated carbocycles. The molecule has 0 aromatic rings. The van der Waals surface area contributed by atoms with E-state index in [1.807, 2.05) is 0 Å². The average molecular weight is 209 g/mol. The standard InChI is InChI=1S/C4H9NO4S.Ca.2H/c1-3(6)4(2-5)10(7,8)9;;;/h4H,2,5H2,1H3,(H,7,8,9);;;/q;+2;2*-1. The smallest absolute Gasteiger partial charge is 1.00 e. The van der Waals surface area contributed by atoms with Crippen molar-refractivity contribution in [3.05, 3.63) is 0 Å². The first-order chi connectivity index (χ1) is 4.39. The summed E-state index contributed by atoms with van der Waals surface area (Å²) in [4.78, 5) is 10.4. The van der Waals surface area contributed by atoms with Gasteiger partial charge in [-0.05, 0) is 6.92 Å². The van der Waals surface area contributed by atoms with Crippen molar-refractivity contribution in [1.82, 2.24) is 0 Å². The zero-order valence-corrected chi connectivity index (χ0v) is 9.17. The van der Waals surface area contributed by atoms with Crippen molar-refractivity contribution in [2.45, 2.75) is 12.2 Å². The Morgan fingerprint density at radius 3 is 2.09 bits per heavy atom. The molecule has 64 valence electrons. The monoisotopic (exact) mass is 209 g/mol. The molecule has 5 nitrogen and oxygen atoms in total. The van der Waals surface area contributed by atoms with Crippen LogP contribution in [-0.4, -0.2) is 68.3 Å². The van der Waals surface area contributed by atoms with Crippen molar-refractivity contribution < 1.29 is 20.6 Å². The van der Waals surface area contributed by atoms with Crippen molar-refractivity contribution in [2.75, 3.05) is 6.54 Å². The van der Waals surface area contributed by atoms with Crippen molar-refractivity contribution in [1.29, 1.82) is 0 Å². The fraction of sp³-hybridized carbons (Fsp3) is 0.750. The van der Waals surface area contributed by atoms with Crippen LogP contribution in [0.2, 0.25) is 0 Å². The molecule has 11 heavy (non-hydrogen) atoms. The van der Waals surface area contributed by atoms with Crippen molar-refractivity contribution in [3.8, 4) is 0 Å². The molecule has 3 N–H and O–H groups in total. The number of ketones is 1. The minimum Gasteiger partial charge on any atom is -1.00 e. The van der Waals surface area contributed by atoms with E-state index in [0.29, 0.717) is 0 Å². The first kappa shape index (κ1) is 14.3. The van der Waals surface area contributed by atoms with Crippen LogP contribution in [0.25, 0.3) is 0 Å². The van der Waals surface area contributed by atoms with Gasteiger partial charge in [0.05, 0.1) is 0 Å². The second-order valence-electron chi connectivity index (χ2n) is 1.85. The van der Waals surface area contributed by atoms with Gasteiger partial charge in [0.1, 0.15) is 0 Å². The van der Waals surface area contributed by atoms with E-state index in [9.17, 15) is 13.2 Å². The molecule has 1 atom stereocenters. The van der Waals surface area contributed by atoms with E-state index in [2.05, 4.69) is 0 Å². The summed E-state index contributed by atoms with van der Waals surface area (Å²) in [7, 11) is -4.29. The van der Waals surface area contributed by atoms with Crippen LogP contribution in [0.1, 0.15) is 9.78 Å². The molecule has 0 aliphatic carbocycles. The molecule has 0 heterocycles. The maximum Gasteiger partial charge on any atom is 2.00 e. The summed E-state index contributed by atoms with van der Waals surface area (Å²) in [6.07, 6.45) is 0. The Kier molecular flexibility index (Phi) is 7.10. The van der Waals surface area contributed by atoms with E-state index < -0.39 is 21.2 Å². The topological polar surface area (TPSA) is 97.5 Å². The number of carbonyl (C=O) groups is 1. The summed E-state index contributed by atoms with van der Waals surface area (Å²) in [6, 6.07) is 0. The fourth-order valence-electron chi connectivity index (χ4n) is 0.497. The van der Waals surface area contributed by atoms with Gasteiger partial charge in [0.25, 0.3) is 10.1 Å². The van der Waals surface area contributed by atoms with Crippen molar-refractivity contribution >= 4 is 53.6 Å². The first-order valence-electron chi connectivity index (χ1n) is 2.56. The van der Waals surface area contributed by atoms with Gasteiger partial charge in [0, 0.05) is 6.54 Å². The number of hydrogen-bond donors (Lipinski definition) is 2. The molecule has 0 aromatic heterocycles.